The number of carbonyl (C=O) groups is 1. The summed E-state index contributed by atoms with van der Waals surface area (Å²) in [6.45, 7) is 2.53. The maximum atomic E-state index is 13.1. The Labute approximate surface area is 174 Å². The van der Waals surface area contributed by atoms with E-state index in [1.165, 1.54) is 23.1 Å². The summed E-state index contributed by atoms with van der Waals surface area (Å²) in [5.41, 5.74) is -0.776. The SMILES string of the molecule is Cc1[nH]c(=O)c(C(=O)N(CCCN(C)C)c2cccc(C(F)(F)F)c2)cc1I. The molecular formula is C19H21F3IN3O2. The first-order valence-electron chi connectivity index (χ1n) is 8.54. The second kappa shape index (κ2) is 9.08. The summed E-state index contributed by atoms with van der Waals surface area (Å²) in [5, 5.41) is 0. The highest BCUT2D eigenvalue weighted by Crippen LogP contribution is 2.32. The Hall–Kier alpha value is -1.88. The van der Waals surface area contributed by atoms with Gasteiger partial charge in [0, 0.05) is 21.5 Å². The number of aromatic nitrogens is 1. The zero-order valence-corrected chi connectivity index (χ0v) is 17.9. The van der Waals surface area contributed by atoms with Gasteiger partial charge in [0.2, 0.25) is 0 Å². The first-order valence-corrected chi connectivity index (χ1v) is 9.62. The van der Waals surface area contributed by atoms with Crippen molar-refractivity contribution >= 4 is 34.2 Å². The van der Waals surface area contributed by atoms with Gasteiger partial charge in [0.1, 0.15) is 5.56 Å². The molecule has 1 aromatic heterocycles. The lowest BCUT2D eigenvalue weighted by Crippen LogP contribution is -2.37. The van der Waals surface area contributed by atoms with Crippen molar-refractivity contribution in [2.24, 2.45) is 0 Å². The van der Waals surface area contributed by atoms with Crippen molar-refractivity contribution in [2.45, 2.75) is 19.5 Å². The summed E-state index contributed by atoms with van der Waals surface area (Å²) < 4.78 is 40.0. The monoisotopic (exact) mass is 507 g/mol. The summed E-state index contributed by atoms with van der Waals surface area (Å²) >= 11 is 1.99. The van der Waals surface area contributed by atoms with E-state index in [9.17, 15) is 22.8 Å². The van der Waals surface area contributed by atoms with Crippen molar-refractivity contribution in [3.05, 3.63) is 61.1 Å². The highest BCUT2D eigenvalue weighted by molar-refractivity contribution is 14.1. The number of rotatable bonds is 6. The van der Waals surface area contributed by atoms with Crippen LogP contribution in [-0.2, 0) is 6.18 Å². The van der Waals surface area contributed by atoms with Gasteiger partial charge < -0.3 is 14.8 Å². The molecule has 0 saturated heterocycles. The van der Waals surface area contributed by atoms with Crippen LogP contribution in [0.5, 0.6) is 0 Å². The molecule has 2 rings (SSSR count). The number of H-pyrrole nitrogens is 1. The second-order valence-corrected chi connectivity index (χ2v) is 7.81. The fraction of sp³-hybridized carbons (Fsp3) is 0.368. The molecule has 152 valence electrons. The van der Waals surface area contributed by atoms with Gasteiger partial charge in [-0.15, -0.1) is 0 Å². The third-order valence-corrected chi connectivity index (χ3v) is 5.24. The van der Waals surface area contributed by atoms with Crippen molar-refractivity contribution in [2.75, 3.05) is 32.1 Å². The summed E-state index contributed by atoms with van der Waals surface area (Å²) in [6.07, 6.45) is -3.99. The number of anilines is 1. The van der Waals surface area contributed by atoms with E-state index in [-0.39, 0.29) is 17.8 Å². The van der Waals surface area contributed by atoms with Crippen LogP contribution < -0.4 is 10.5 Å². The van der Waals surface area contributed by atoms with E-state index in [4.69, 9.17) is 0 Å². The zero-order valence-electron chi connectivity index (χ0n) is 15.7. The van der Waals surface area contributed by atoms with Crippen LogP contribution in [0.1, 0.15) is 28.0 Å². The molecule has 0 bridgehead atoms. The molecule has 0 atom stereocenters. The maximum Gasteiger partial charge on any atom is 0.416 e. The highest BCUT2D eigenvalue weighted by atomic mass is 127. The molecule has 9 heteroatoms. The summed E-state index contributed by atoms with van der Waals surface area (Å²) in [4.78, 5) is 31.1. The molecule has 0 aliphatic carbocycles. The molecule has 1 aromatic carbocycles. The van der Waals surface area contributed by atoms with E-state index >= 15 is 0 Å². The third-order valence-electron chi connectivity index (χ3n) is 4.12. The highest BCUT2D eigenvalue weighted by Gasteiger charge is 2.31. The fourth-order valence-electron chi connectivity index (χ4n) is 2.65. The first kappa shape index (κ1) is 22.4. The summed E-state index contributed by atoms with van der Waals surface area (Å²) in [7, 11) is 3.73. The van der Waals surface area contributed by atoms with Gasteiger partial charge in [0.15, 0.2) is 0 Å². The third kappa shape index (κ3) is 5.57. The lowest BCUT2D eigenvalue weighted by molar-refractivity contribution is -0.137. The van der Waals surface area contributed by atoms with Crippen LogP contribution in [0.4, 0.5) is 18.9 Å². The van der Waals surface area contributed by atoms with E-state index in [2.05, 4.69) is 4.98 Å². The molecular weight excluding hydrogens is 486 g/mol. The Morgan fingerprint density at radius 3 is 2.46 bits per heavy atom. The van der Waals surface area contributed by atoms with Gasteiger partial charge in [-0.3, -0.25) is 9.59 Å². The smallest absolute Gasteiger partial charge is 0.325 e. The van der Waals surface area contributed by atoms with Crippen LogP contribution in [0.15, 0.2) is 35.1 Å². The molecule has 0 unspecified atom stereocenters. The minimum atomic E-state index is -4.52. The van der Waals surface area contributed by atoms with Gasteiger partial charge in [0.05, 0.1) is 5.56 Å². The molecule has 1 N–H and O–H groups in total. The number of hydrogen-bond donors (Lipinski definition) is 1. The standard InChI is InChI=1S/C19H21F3IN3O2/c1-12-16(23)11-15(17(27)24-12)18(28)26(9-5-8-25(2)3)14-7-4-6-13(10-14)19(20,21)22/h4,6-7,10-11H,5,8-9H2,1-3H3,(H,24,27). The van der Waals surface area contributed by atoms with Crippen LogP contribution >= 0.6 is 22.6 Å². The van der Waals surface area contributed by atoms with Gasteiger partial charge in [-0.1, -0.05) is 6.07 Å². The molecule has 0 aliphatic heterocycles. The predicted molar refractivity (Wildman–Crippen MR) is 111 cm³/mol. The van der Waals surface area contributed by atoms with Crippen molar-refractivity contribution in [1.82, 2.24) is 9.88 Å². The van der Waals surface area contributed by atoms with Gasteiger partial charge >= 0.3 is 6.18 Å². The van der Waals surface area contributed by atoms with Crippen LogP contribution in [0.2, 0.25) is 0 Å². The number of benzene rings is 1. The van der Waals surface area contributed by atoms with Crippen molar-refractivity contribution in [3.8, 4) is 0 Å². The van der Waals surface area contributed by atoms with Crippen molar-refractivity contribution in [3.63, 3.8) is 0 Å². The summed E-state index contributed by atoms with van der Waals surface area (Å²) in [5.74, 6) is -0.628. The van der Waals surface area contributed by atoms with Gasteiger partial charge in [-0.2, -0.15) is 13.2 Å². The van der Waals surface area contributed by atoms with Gasteiger partial charge in [-0.25, -0.2) is 0 Å². The van der Waals surface area contributed by atoms with Gasteiger partial charge in [0.25, 0.3) is 11.5 Å². The average Bonchev–Trinajstić information content (AvgIpc) is 2.60. The Bertz CT molecular complexity index is 910. The van der Waals surface area contributed by atoms with E-state index in [0.29, 0.717) is 22.2 Å². The van der Waals surface area contributed by atoms with Crippen LogP contribution in [0, 0.1) is 10.5 Å². The Morgan fingerprint density at radius 1 is 1.18 bits per heavy atom. The minimum absolute atomic E-state index is 0.0998. The topological polar surface area (TPSA) is 56.4 Å². The molecule has 0 radical (unpaired) electrons. The van der Waals surface area contributed by atoms with Gasteiger partial charge in [-0.05, 0) is 80.8 Å². The molecule has 1 heterocycles. The number of hydrogen-bond acceptors (Lipinski definition) is 3. The molecule has 0 fully saturated rings. The molecule has 2 aromatic rings. The predicted octanol–water partition coefficient (Wildman–Crippen LogP) is 3.91. The molecule has 28 heavy (non-hydrogen) atoms. The number of pyridine rings is 1. The van der Waals surface area contributed by atoms with E-state index in [1.54, 1.807) is 6.92 Å². The summed E-state index contributed by atoms with van der Waals surface area (Å²) in [6, 6.07) is 6.04. The number of nitrogens with zero attached hydrogens (tertiary/aromatic N) is 2. The van der Waals surface area contributed by atoms with Crippen LogP contribution in [-0.4, -0.2) is 43.0 Å². The number of carbonyl (C=O) groups excluding carboxylic acids is 1. The van der Waals surface area contributed by atoms with E-state index in [0.717, 1.165) is 12.1 Å². The number of alkyl halides is 3. The van der Waals surface area contributed by atoms with Crippen LogP contribution in [0.25, 0.3) is 0 Å². The zero-order chi connectivity index (χ0) is 21.1. The number of amides is 1. The number of aromatic amines is 1. The minimum Gasteiger partial charge on any atom is -0.325 e. The van der Waals surface area contributed by atoms with Crippen molar-refractivity contribution in [1.29, 1.82) is 0 Å². The maximum absolute atomic E-state index is 13.1. The normalized spacial score (nSPS) is 11.7. The molecule has 0 spiro atoms. The van der Waals surface area contributed by atoms with Crippen molar-refractivity contribution < 1.29 is 18.0 Å². The largest absolute Gasteiger partial charge is 0.416 e. The van der Waals surface area contributed by atoms with E-state index in [1.807, 2.05) is 41.6 Å². The quantitative estimate of drug-likeness (QED) is 0.604. The Morgan fingerprint density at radius 2 is 1.86 bits per heavy atom. The molecule has 1 amide bonds. The lowest BCUT2D eigenvalue weighted by Gasteiger charge is -2.24. The Balaban J connectivity index is 2.46. The van der Waals surface area contributed by atoms with E-state index < -0.39 is 23.2 Å². The number of aryl methyl sites for hydroxylation is 1. The lowest BCUT2D eigenvalue weighted by atomic mass is 10.1. The molecule has 5 nitrogen and oxygen atoms in total. The average molecular weight is 507 g/mol. The second-order valence-electron chi connectivity index (χ2n) is 6.65. The first-order chi connectivity index (χ1) is 13.0. The van der Waals surface area contributed by atoms with Crippen LogP contribution in [0.3, 0.4) is 0 Å². The number of halogens is 4. The Kier molecular flexibility index (Phi) is 7.27. The fourth-order valence-corrected chi connectivity index (χ4v) is 3.09. The molecule has 0 saturated carbocycles. The molecule has 0 aliphatic rings. The number of nitrogens with one attached hydrogen (secondary N) is 1.